The van der Waals surface area contributed by atoms with Crippen molar-refractivity contribution >= 4 is 23.2 Å². The van der Waals surface area contributed by atoms with Gasteiger partial charge in [0, 0.05) is 11.4 Å². The van der Waals surface area contributed by atoms with E-state index in [-0.39, 0.29) is 16.8 Å². The molecule has 0 bridgehead atoms. The highest BCUT2D eigenvalue weighted by Gasteiger charge is 2.28. The van der Waals surface area contributed by atoms with Gasteiger partial charge in [-0.1, -0.05) is 0 Å². The molecule has 0 aromatic heterocycles. The number of amides is 2. The molecule has 0 radical (unpaired) electrons. The Hall–Kier alpha value is -2.04. The predicted octanol–water partition coefficient (Wildman–Crippen LogP) is -0.265. The smallest absolute Gasteiger partial charge is 0.261 e. The fourth-order valence-electron chi connectivity index (χ4n) is 1.35. The number of anilines is 2. The van der Waals surface area contributed by atoms with E-state index in [0.717, 1.165) is 0 Å². The van der Waals surface area contributed by atoms with Crippen LogP contribution in [-0.4, -0.2) is 11.8 Å². The lowest BCUT2D eigenvalue weighted by atomic mass is 10.1. The summed E-state index contributed by atoms with van der Waals surface area (Å²) in [6.45, 7) is 0. The van der Waals surface area contributed by atoms with Crippen molar-refractivity contribution in [3.63, 3.8) is 0 Å². The number of imide groups is 1. The Morgan fingerprint density at radius 1 is 1.08 bits per heavy atom. The highest BCUT2D eigenvalue weighted by Crippen LogP contribution is 2.24. The summed E-state index contributed by atoms with van der Waals surface area (Å²) in [7, 11) is 0. The summed E-state index contributed by atoms with van der Waals surface area (Å²) < 4.78 is 0. The van der Waals surface area contributed by atoms with Crippen molar-refractivity contribution in [1.82, 2.24) is 5.32 Å². The lowest BCUT2D eigenvalue weighted by Crippen LogP contribution is -2.20. The van der Waals surface area contributed by atoms with Gasteiger partial charge in [0.25, 0.3) is 11.8 Å². The van der Waals surface area contributed by atoms with Gasteiger partial charge in [0.1, 0.15) is 0 Å². The monoisotopic (exact) mass is 177 g/mol. The van der Waals surface area contributed by atoms with Crippen LogP contribution in [0, 0.1) is 0 Å². The number of nitrogen functional groups attached to an aromatic ring is 2. The van der Waals surface area contributed by atoms with E-state index in [9.17, 15) is 9.59 Å². The van der Waals surface area contributed by atoms with Crippen molar-refractivity contribution in [3.05, 3.63) is 23.3 Å². The number of hydrogen-bond donors (Lipinski definition) is 3. The number of rotatable bonds is 0. The maximum absolute atomic E-state index is 11.2. The van der Waals surface area contributed by atoms with Crippen LogP contribution in [0.3, 0.4) is 0 Å². The standard InChI is InChI=1S/C8H7N3O2/c9-3-1-4-6(5(10)2-3)8(13)11-7(4)12/h1-2H,9-10H2,(H,11,12,13). The van der Waals surface area contributed by atoms with E-state index < -0.39 is 11.8 Å². The van der Waals surface area contributed by atoms with Crippen LogP contribution in [0.1, 0.15) is 20.7 Å². The third-order valence-electron chi connectivity index (χ3n) is 1.89. The van der Waals surface area contributed by atoms with Crippen LogP contribution < -0.4 is 16.8 Å². The third kappa shape index (κ3) is 0.936. The van der Waals surface area contributed by atoms with E-state index in [4.69, 9.17) is 11.5 Å². The maximum Gasteiger partial charge on any atom is 0.261 e. The predicted molar refractivity (Wildman–Crippen MR) is 47.1 cm³/mol. The molecule has 0 saturated heterocycles. The molecule has 1 aliphatic heterocycles. The molecule has 0 fully saturated rings. The summed E-state index contributed by atoms with van der Waals surface area (Å²) in [6.07, 6.45) is 0. The molecule has 1 aromatic rings. The van der Waals surface area contributed by atoms with E-state index in [1.807, 2.05) is 0 Å². The first-order chi connectivity index (χ1) is 6.09. The van der Waals surface area contributed by atoms with Gasteiger partial charge in [-0.05, 0) is 12.1 Å². The molecule has 0 spiro atoms. The molecule has 0 aliphatic carbocycles. The zero-order chi connectivity index (χ0) is 9.59. The molecule has 5 N–H and O–H groups in total. The minimum atomic E-state index is -0.461. The topological polar surface area (TPSA) is 98.2 Å². The third-order valence-corrected chi connectivity index (χ3v) is 1.89. The molecule has 0 unspecified atom stereocenters. The maximum atomic E-state index is 11.2. The van der Waals surface area contributed by atoms with Crippen LogP contribution in [0.15, 0.2) is 12.1 Å². The molecule has 2 rings (SSSR count). The van der Waals surface area contributed by atoms with Gasteiger partial charge in [0.05, 0.1) is 11.1 Å². The molecule has 1 aromatic carbocycles. The van der Waals surface area contributed by atoms with E-state index in [2.05, 4.69) is 5.32 Å². The molecule has 1 aliphatic rings. The SMILES string of the molecule is Nc1cc(N)c2c(c1)C(=O)NC2=O. The Kier molecular flexibility index (Phi) is 1.30. The van der Waals surface area contributed by atoms with E-state index in [1.165, 1.54) is 12.1 Å². The normalized spacial score (nSPS) is 14.2. The van der Waals surface area contributed by atoms with Gasteiger partial charge in [-0.2, -0.15) is 0 Å². The first-order valence-electron chi connectivity index (χ1n) is 3.64. The Labute approximate surface area is 73.7 Å². The molecule has 13 heavy (non-hydrogen) atoms. The molecule has 0 saturated carbocycles. The quantitative estimate of drug-likeness (QED) is 0.375. The molecule has 5 heteroatoms. The van der Waals surface area contributed by atoms with E-state index in [1.54, 1.807) is 0 Å². The van der Waals surface area contributed by atoms with Crippen LogP contribution in [0.5, 0.6) is 0 Å². The second-order valence-electron chi connectivity index (χ2n) is 2.82. The molecule has 2 amide bonds. The number of fused-ring (bicyclic) bond motifs is 1. The van der Waals surface area contributed by atoms with Crippen molar-refractivity contribution in [1.29, 1.82) is 0 Å². The number of benzene rings is 1. The summed E-state index contributed by atoms with van der Waals surface area (Å²) in [4.78, 5) is 22.3. The van der Waals surface area contributed by atoms with Gasteiger partial charge in [-0.3, -0.25) is 14.9 Å². The minimum Gasteiger partial charge on any atom is -0.399 e. The van der Waals surface area contributed by atoms with Gasteiger partial charge in [0.15, 0.2) is 0 Å². The van der Waals surface area contributed by atoms with Crippen LogP contribution in [0.2, 0.25) is 0 Å². The van der Waals surface area contributed by atoms with Crippen LogP contribution in [0.25, 0.3) is 0 Å². The van der Waals surface area contributed by atoms with Crippen molar-refractivity contribution in [2.24, 2.45) is 0 Å². The Bertz CT molecular complexity index is 426. The first kappa shape index (κ1) is 7.60. The van der Waals surface area contributed by atoms with Crippen LogP contribution in [-0.2, 0) is 0 Å². The minimum absolute atomic E-state index is 0.221. The Morgan fingerprint density at radius 3 is 2.46 bits per heavy atom. The van der Waals surface area contributed by atoms with Gasteiger partial charge in [-0.25, -0.2) is 0 Å². The van der Waals surface area contributed by atoms with Gasteiger partial charge in [0.2, 0.25) is 0 Å². The first-order valence-corrected chi connectivity index (χ1v) is 3.64. The summed E-state index contributed by atoms with van der Waals surface area (Å²) in [5, 5.41) is 2.14. The average molecular weight is 177 g/mol. The fraction of sp³-hybridized carbons (Fsp3) is 0. The fourth-order valence-corrected chi connectivity index (χ4v) is 1.35. The average Bonchev–Trinajstić information content (AvgIpc) is 2.27. The molecule has 0 atom stereocenters. The molecule has 5 nitrogen and oxygen atoms in total. The number of nitrogens with one attached hydrogen (secondary N) is 1. The molecule has 66 valence electrons. The lowest BCUT2D eigenvalue weighted by molar-refractivity contribution is 0.0880. The van der Waals surface area contributed by atoms with E-state index in [0.29, 0.717) is 5.69 Å². The summed E-state index contributed by atoms with van der Waals surface area (Å²) in [5.41, 5.74) is 12.1. The second-order valence-corrected chi connectivity index (χ2v) is 2.82. The lowest BCUT2D eigenvalue weighted by Gasteiger charge is -2.00. The number of carbonyl (C=O) groups is 2. The van der Waals surface area contributed by atoms with Crippen LogP contribution >= 0.6 is 0 Å². The van der Waals surface area contributed by atoms with Crippen molar-refractivity contribution in [3.8, 4) is 0 Å². The molecule has 1 heterocycles. The second kappa shape index (κ2) is 2.22. The zero-order valence-corrected chi connectivity index (χ0v) is 6.63. The van der Waals surface area contributed by atoms with Crippen molar-refractivity contribution in [2.75, 3.05) is 11.5 Å². The highest BCUT2D eigenvalue weighted by atomic mass is 16.2. The van der Waals surface area contributed by atoms with E-state index >= 15 is 0 Å². The van der Waals surface area contributed by atoms with Crippen molar-refractivity contribution in [2.45, 2.75) is 0 Å². The van der Waals surface area contributed by atoms with Gasteiger partial charge >= 0.3 is 0 Å². The molecular weight excluding hydrogens is 170 g/mol. The summed E-state index contributed by atoms with van der Waals surface area (Å²) >= 11 is 0. The highest BCUT2D eigenvalue weighted by molar-refractivity contribution is 6.24. The largest absolute Gasteiger partial charge is 0.399 e. The Morgan fingerprint density at radius 2 is 1.77 bits per heavy atom. The number of carbonyl (C=O) groups excluding carboxylic acids is 2. The summed E-state index contributed by atoms with van der Waals surface area (Å²) in [6, 6.07) is 2.89. The number of hydrogen-bond acceptors (Lipinski definition) is 4. The number of nitrogens with two attached hydrogens (primary N) is 2. The zero-order valence-electron chi connectivity index (χ0n) is 6.63. The van der Waals surface area contributed by atoms with Gasteiger partial charge < -0.3 is 11.5 Å². The van der Waals surface area contributed by atoms with Crippen LogP contribution in [0.4, 0.5) is 11.4 Å². The Balaban J connectivity index is 2.77. The van der Waals surface area contributed by atoms with Gasteiger partial charge in [-0.15, -0.1) is 0 Å². The summed E-state index contributed by atoms with van der Waals surface area (Å²) in [5.74, 6) is -0.906. The van der Waals surface area contributed by atoms with Crippen molar-refractivity contribution < 1.29 is 9.59 Å². The molecular formula is C8H7N3O2.